The van der Waals surface area contributed by atoms with E-state index in [2.05, 4.69) is 59.4 Å². The van der Waals surface area contributed by atoms with Crippen LogP contribution in [0.2, 0.25) is 0 Å². The molecule has 2 aliphatic rings. The number of morpholine rings is 1. The van der Waals surface area contributed by atoms with Crippen molar-refractivity contribution >= 4 is 34.9 Å². The molecule has 0 spiro atoms. The van der Waals surface area contributed by atoms with E-state index in [1.807, 2.05) is 18.2 Å². The Bertz CT molecular complexity index is 895. The molecule has 7 nitrogen and oxygen atoms in total. The maximum Gasteiger partial charge on any atom is 0.232 e. The van der Waals surface area contributed by atoms with Crippen molar-refractivity contribution in [1.29, 1.82) is 0 Å². The van der Waals surface area contributed by atoms with Crippen molar-refractivity contribution in [1.82, 2.24) is 15.3 Å². The van der Waals surface area contributed by atoms with E-state index in [1.54, 1.807) is 0 Å². The third kappa shape index (κ3) is 5.86. The molecule has 4 rings (SSSR count). The van der Waals surface area contributed by atoms with Crippen LogP contribution in [0.25, 0.3) is 0 Å². The van der Waals surface area contributed by atoms with Crippen molar-refractivity contribution in [3.63, 3.8) is 0 Å². The lowest BCUT2D eigenvalue weighted by Gasteiger charge is -2.36. The Balaban J connectivity index is 1.53. The molecule has 0 radical (unpaired) electrons. The Morgan fingerprint density at radius 3 is 2.31 bits per heavy atom. The van der Waals surface area contributed by atoms with Gasteiger partial charge in [0.2, 0.25) is 5.95 Å². The molecule has 0 bridgehead atoms. The minimum Gasteiger partial charge on any atom is -0.378 e. The second-order valence-electron chi connectivity index (χ2n) is 9.09. The Kier molecular flexibility index (Phi) is 7.42. The summed E-state index contributed by atoms with van der Waals surface area (Å²) in [5, 5.41) is 7.11. The van der Waals surface area contributed by atoms with Crippen LogP contribution in [0.5, 0.6) is 0 Å². The summed E-state index contributed by atoms with van der Waals surface area (Å²) in [5.74, 6) is 3.71. The highest BCUT2D eigenvalue weighted by molar-refractivity contribution is 7.80. The smallest absolute Gasteiger partial charge is 0.232 e. The number of hydrogen-bond acceptors (Lipinski definition) is 6. The number of anilines is 3. The highest BCUT2D eigenvalue weighted by Crippen LogP contribution is 2.28. The fourth-order valence-corrected chi connectivity index (χ4v) is 4.87. The zero-order chi connectivity index (χ0) is 22.5. The molecular formula is C24H34N6OS. The van der Waals surface area contributed by atoms with Crippen LogP contribution in [-0.4, -0.2) is 54.5 Å². The fourth-order valence-electron chi connectivity index (χ4n) is 4.60. The Morgan fingerprint density at radius 1 is 1.03 bits per heavy atom. The molecule has 2 aromatic rings. The Labute approximate surface area is 196 Å². The lowest BCUT2D eigenvalue weighted by molar-refractivity contribution is 0.122. The van der Waals surface area contributed by atoms with Gasteiger partial charge in [-0.05, 0) is 43.0 Å². The number of benzene rings is 1. The summed E-state index contributed by atoms with van der Waals surface area (Å²) in [7, 11) is 0. The molecule has 8 heteroatoms. The van der Waals surface area contributed by atoms with E-state index in [9.17, 15) is 0 Å². The molecule has 32 heavy (non-hydrogen) atoms. The highest BCUT2D eigenvalue weighted by atomic mass is 32.1. The summed E-state index contributed by atoms with van der Waals surface area (Å²) in [6.07, 6.45) is 1.26. The number of piperidine rings is 1. The first-order valence-electron chi connectivity index (χ1n) is 11.6. The van der Waals surface area contributed by atoms with E-state index in [4.69, 9.17) is 26.9 Å². The largest absolute Gasteiger partial charge is 0.378 e. The minimum absolute atomic E-state index is 0.0851. The summed E-state index contributed by atoms with van der Waals surface area (Å²) in [6.45, 7) is 11.8. The molecule has 2 aliphatic heterocycles. The van der Waals surface area contributed by atoms with Crippen LogP contribution < -0.4 is 20.4 Å². The van der Waals surface area contributed by atoms with Crippen LogP contribution in [0.15, 0.2) is 36.4 Å². The van der Waals surface area contributed by atoms with Crippen molar-refractivity contribution in [2.45, 2.75) is 33.2 Å². The van der Waals surface area contributed by atoms with Gasteiger partial charge in [0.1, 0.15) is 11.6 Å². The molecule has 3 atom stereocenters. The molecule has 2 saturated heterocycles. The molecule has 2 fully saturated rings. The standard InChI is InChI=1S/C24H34N6OS/c1-17-13-18(2)16-30(15-17)22-14-21(29-9-11-31-12-10-29)26-23(27-22)28-24(32)25-19(3)20-7-5-4-6-8-20/h4-8,14,17-19H,9-13,15-16H2,1-3H3,(H2,25,26,27,28,32)/t17-,18+,19-/m1/s1. The van der Waals surface area contributed by atoms with Crippen LogP contribution in [-0.2, 0) is 4.74 Å². The topological polar surface area (TPSA) is 65.6 Å². The zero-order valence-electron chi connectivity index (χ0n) is 19.3. The van der Waals surface area contributed by atoms with E-state index in [1.165, 1.54) is 12.0 Å². The average Bonchev–Trinajstić information content (AvgIpc) is 2.79. The van der Waals surface area contributed by atoms with Gasteiger partial charge in [-0.1, -0.05) is 44.2 Å². The number of nitrogens with zero attached hydrogens (tertiary/aromatic N) is 4. The lowest BCUT2D eigenvalue weighted by Crippen LogP contribution is -2.40. The molecular weight excluding hydrogens is 420 g/mol. The molecule has 0 saturated carbocycles. The number of aromatic nitrogens is 2. The van der Waals surface area contributed by atoms with Gasteiger partial charge in [0.25, 0.3) is 0 Å². The van der Waals surface area contributed by atoms with E-state index in [0.717, 1.165) is 37.8 Å². The number of thiocarbonyl (C=S) groups is 1. The summed E-state index contributed by atoms with van der Waals surface area (Å²) >= 11 is 5.60. The second-order valence-corrected chi connectivity index (χ2v) is 9.50. The summed E-state index contributed by atoms with van der Waals surface area (Å²) in [6, 6.07) is 12.5. The molecule has 1 aromatic heterocycles. The van der Waals surface area contributed by atoms with Gasteiger partial charge in [0.15, 0.2) is 5.11 Å². The number of hydrogen-bond donors (Lipinski definition) is 2. The third-order valence-corrected chi connectivity index (χ3v) is 6.32. The van der Waals surface area contributed by atoms with Crippen LogP contribution in [0.1, 0.15) is 38.8 Å². The van der Waals surface area contributed by atoms with Gasteiger partial charge in [-0.3, -0.25) is 0 Å². The van der Waals surface area contributed by atoms with Crippen LogP contribution in [0.4, 0.5) is 17.6 Å². The van der Waals surface area contributed by atoms with Gasteiger partial charge < -0.3 is 25.2 Å². The van der Waals surface area contributed by atoms with E-state index < -0.39 is 0 Å². The summed E-state index contributed by atoms with van der Waals surface area (Å²) in [5.41, 5.74) is 1.18. The molecule has 0 amide bonds. The average molecular weight is 455 g/mol. The Morgan fingerprint density at radius 2 is 1.66 bits per heavy atom. The quantitative estimate of drug-likeness (QED) is 0.661. The van der Waals surface area contributed by atoms with Gasteiger partial charge in [-0.25, -0.2) is 0 Å². The third-order valence-electron chi connectivity index (χ3n) is 6.10. The van der Waals surface area contributed by atoms with Gasteiger partial charge in [0.05, 0.1) is 19.3 Å². The van der Waals surface area contributed by atoms with Crippen LogP contribution >= 0.6 is 12.2 Å². The lowest BCUT2D eigenvalue weighted by atomic mass is 9.92. The maximum atomic E-state index is 5.60. The van der Waals surface area contributed by atoms with E-state index in [-0.39, 0.29) is 6.04 Å². The Hall–Kier alpha value is -2.45. The summed E-state index contributed by atoms with van der Waals surface area (Å²) < 4.78 is 5.53. The molecule has 0 unspecified atom stereocenters. The molecule has 172 valence electrons. The SMILES string of the molecule is C[C@@H]1C[C@H](C)CN(c2cc(N3CCOCC3)nc(NC(=S)N[C@H](C)c3ccccc3)n2)C1. The molecule has 3 heterocycles. The first kappa shape index (κ1) is 22.7. The van der Waals surface area contributed by atoms with Crippen molar-refractivity contribution < 1.29 is 4.74 Å². The minimum atomic E-state index is 0.0851. The van der Waals surface area contributed by atoms with Gasteiger partial charge >= 0.3 is 0 Å². The second kappa shape index (κ2) is 10.4. The first-order chi connectivity index (χ1) is 15.5. The molecule has 0 aliphatic carbocycles. The van der Waals surface area contributed by atoms with Gasteiger partial charge in [-0.2, -0.15) is 9.97 Å². The van der Waals surface area contributed by atoms with Gasteiger partial charge in [0, 0.05) is 32.2 Å². The number of nitrogens with one attached hydrogen (secondary N) is 2. The summed E-state index contributed by atoms with van der Waals surface area (Å²) in [4.78, 5) is 14.3. The van der Waals surface area contributed by atoms with Crippen LogP contribution in [0.3, 0.4) is 0 Å². The van der Waals surface area contributed by atoms with Crippen molar-refractivity contribution in [3.05, 3.63) is 42.0 Å². The highest BCUT2D eigenvalue weighted by Gasteiger charge is 2.25. The zero-order valence-corrected chi connectivity index (χ0v) is 20.1. The normalized spacial score (nSPS) is 22.3. The number of ether oxygens (including phenoxy) is 1. The maximum absolute atomic E-state index is 5.60. The fraction of sp³-hybridized carbons (Fsp3) is 0.542. The van der Waals surface area contributed by atoms with Crippen molar-refractivity contribution in [2.75, 3.05) is 54.5 Å². The van der Waals surface area contributed by atoms with Gasteiger partial charge in [-0.15, -0.1) is 0 Å². The van der Waals surface area contributed by atoms with E-state index >= 15 is 0 Å². The molecule has 2 N–H and O–H groups in total. The predicted octanol–water partition coefficient (Wildman–Crippen LogP) is 3.84. The van der Waals surface area contributed by atoms with E-state index in [0.29, 0.717) is 36.1 Å². The van der Waals surface area contributed by atoms with Crippen molar-refractivity contribution in [2.24, 2.45) is 11.8 Å². The first-order valence-corrected chi connectivity index (χ1v) is 12.0. The van der Waals surface area contributed by atoms with Crippen molar-refractivity contribution in [3.8, 4) is 0 Å². The predicted molar refractivity (Wildman–Crippen MR) is 134 cm³/mol. The number of rotatable bonds is 5. The monoisotopic (exact) mass is 454 g/mol. The van der Waals surface area contributed by atoms with Crippen LogP contribution in [0, 0.1) is 11.8 Å². The molecule has 1 aromatic carbocycles.